The highest BCUT2D eigenvalue weighted by atomic mass is 32.2. The second-order valence-corrected chi connectivity index (χ2v) is 5.14. The maximum Gasteiger partial charge on any atom is 0.353 e. The Balaban J connectivity index is 2.40. The Kier molecular flexibility index (Phi) is 5.90. The quantitative estimate of drug-likeness (QED) is 0.520. The number of thiol groups is 1. The van der Waals surface area contributed by atoms with Crippen molar-refractivity contribution in [3.05, 3.63) is 71.8 Å². The standard InChI is InChI=1S/C16H15NO2S2/c1-21-19-16(18)15(20)17-14(12-8-4-2-5-9-12)13-10-6-3-7-11-13/h2-11,15,20H,1H3. The summed E-state index contributed by atoms with van der Waals surface area (Å²) in [5, 5.41) is -0.854. The Morgan fingerprint density at radius 2 is 1.52 bits per heavy atom. The van der Waals surface area contributed by atoms with E-state index in [0.717, 1.165) is 23.2 Å². The summed E-state index contributed by atoms with van der Waals surface area (Å²) in [7, 11) is 0. The average molecular weight is 317 g/mol. The molecule has 0 radical (unpaired) electrons. The highest BCUT2D eigenvalue weighted by Gasteiger charge is 2.17. The van der Waals surface area contributed by atoms with Crippen LogP contribution < -0.4 is 0 Å². The third-order valence-corrected chi connectivity index (χ3v) is 3.38. The first-order chi connectivity index (χ1) is 10.2. The Labute approximate surface area is 134 Å². The van der Waals surface area contributed by atoms with Gasteiger partial charge >= 0.3 is 5.97 Å². The van der Waals surface area contributed by atoms with Crippen LogP contribution in [0.15, 0.2) is 65.7 Å². The molecule has 0 bridgehead atoms. The van der Waals surface area contributed by atoms with Gasteiger partial charge in [-0.25, -0.2) is 4.79 Å². The van der Waals surface area contributed by atoms with E-state index in [0.29, 0.717) is 5.71 Å². The van der Waals surface area contributed by atoms with Gasteiger partial charge in [-0.3, -0.25) is 4.99 Å². The van der Waals surface area contributed by atoms with Crippen LogP contribution in [0.4, 0.5) is 0 Å². The van der Waals surface area contributed by atoms with Crippen molar-refractivity contribution in [3.8, 4) is 0 Å². The number of carbonyl (C=O) groups excluding carboxylic acids is 1. The third kappa shape index (κ3) is 4.37. The molecular formula is C16H15NO2S2. The molecule has 0 saturated heterocycles. The Morgan fingerprint density at radius 3 is 1.95 bits per heavy atom. The van der Waals surface area contributed by atoms with E-state index in [-0.39, 0.29) is 0 Å². The van der Waals surface area contributed by atoms with Gasteiger partial charge < -0.3 is 4.18 Å². The van der Waals surface area contributed by atoms with Crippen LogP contribution in [0.2, 0.25) is 0 Å². The number of aliphatic imine (C=N–C) groups is 1. The zero-order chi connectivity index (χ0) is 15.1. The van der Waals surface area contributed by atoms with Crippen molar-refractivity contribution in [1.82, 2.24) is 0 Å². The van der Waals surface area contributed by atoms with E-state index in [1.807, 2.05) is 60.7 Å². The van der Waals surface area contributed by atoms with Gasteiger partial charge in [0.15, 0.2) is 5.37 Å². The average Bonchev–Trinajstić information content (AvgIpc) is 2.54. The van der Waals surface area contributed by atoms with Crippen LogP contribution >= 0.6 is 24.7 Å². The lowest BCUT2D eigenvalue weighted by molar-refractivity contribution is -0.132. The molecule has 0 N–H and O–H groups in total. The van der Waals surface area contributed by atoms with Crippen molar-refractivity contribution in [2.24, 2.45) is 4.99 Å². The van der Waals surface area contributed by atoms with Crippen LogP contribution in [0.1, 0.15) is 11.1 Å². The van der Waals surface area contributed by atoms with E-state index in [2.05, 4.69) is 17.6 Å². The van der Waals surface area contributed by atoms with Gasteiger partial charge in [-0.15, -0.1) is 12.6 Å². The molecule has 0 saturated carbocycles. The lowest BCUT2D eigenvalue weighted by Gasteiger charge is -2.10. The van der Waals surface area contributed by atoms with Crippen LogP contribution in [0.25, 0.3) is 0 Å². The molecular weight excluding hydrogens is 302 g/mol. The number of carbonyl (C=O) groups is 1. The van der Waals surface area contributed by atoms with Crippen LogP contribution in [0.3, 0.4) is 0 Å². The number of rotatable bonds is 5. The zero-order valence-electron chi connectivity index (χ0n) is 11.5. The molecule has 3 nitrogen and oxygen atoms in total. The molecule has 0 aliphatic carbocycles. The third-order valence-electron chi connectivity index (χ3n) is 2.72. The van der Waals surface area contributed by atoms with Crippen molar-refractivity contribution in [2.75, 3.05) is 6.26 Å². The summed E-state index contributed by atoms with van der Waals surface area (Å²) in [5.41, 5.74) is 2.58. The zero-order valence-corrected chi connectivity index (χ0v) is 13.2. The Bertz CT molecular complexity index is 573. The Morgan fingerprint density at radius 1 is 1.05 bits per heavy atom. The minimum Gasteiger partial charge on any atom is -0.389 e. The van der Waals surface area contributed by atoms with Crippen molar-refractivity contribution >= 4 is 36.4 Å². The summed E-state index contributed by atoms with van der Waals surface area (Å²) in [6, 6.07) is 19.4. The van der Waals surface area contributed by atoms with Gasteiger partial charge in [-0.05, 0) is 0 Å². The number of nitrogens with zero attached hydrogens (tertiary/aromatic N) is 1. The van der Waals surface area contributed by atoms with Gasteiger partial charge in [0.05, 0.1) is 17.8 Å². The highest BCUT2D eigenvalue weighted by Crippen LogP contribution is 2.15. The molecule has 0 spiro atoms. The van der Waals surface area contributed by atoms with Gasteiger partial charge in [0, 0.05) is 17.4 Å². The molecule has 2 rings (SSSR count). The second kappa shape index (κ2) is 7.90. The van der Waals surface area contributed by atoms with Gasteiger partial charge in [0.2, 0.25) is 0 Å². The van der Waals surface area contributed by atoms with Crippen molar-refractivity contribution < 1.29 is 8.98 Å². The predicted octanol–water partition coefficient (Wildman–Crippen LogP) is 3.60. The highest BCUT2D eigenvalue weighted by molar-refractivity contribution is 7.94. The summed E-state index contributed by atoms with van der Waals surface area (Å²) >= 11 is 5.21. The number of benzene rings is 2. The largest absolute Gasteiger partial charge is 0.389 e. The lowest BCUT2D eigenvalue weighted by Crippen LogP contribution is -2.16. The molecule has 0 amide bonds. The van der Waals surface area contributed by atoms with E-state index < -0.39 is 11.3 Å². The predicted molar refractivity (Wildman–Crippen MR) is 90.9 cm³/mol. The molecule has 0 heterocycles. The minimum atomic E-state index is -0.854. The van der Waals surface area contributed by atoms with Crippen LogP contribution in [0.5, 0.6) is 0 Å². The van der Waals surface area contributed by atoms with E-state index >= 15 is 0 Å². The van der Waals surface area contributed by atoms with Gasteiger partial charge in [-0.1, -0.05) is 60.7 Å². The summed E-state index contributed by atoms with van der Waals surface area (Å²) in [5.74, 6) is -0.477. The first-order valence-electron chi connectivity index (χ1n) is 6.33. The van der Waals surface area contributed by atoms with Crippen molar-refractivity contribution in [1.29, 1.82) is 0 Å². The topological polar surface area (TPSA) is 38.7 Å². The van der Waals surface area contributed by atoms with E-state index in [1.54, 1.807) is 6.26 Å². The monoisotopic (exact) mass is 317 g/mol. The molecule has 0 aromatic heterocycles. The van der Waals surface area contributed by atoms with E-state index in [4.69, 9.17) is 4.18 Å². The lowest BCUT2D eigenvalue weighted by atomic mass is 10.0. The van der Waals surface area contributed by atoms with Crippen molar-refractivity contribution in [3.63, 3.8) is 0 Å². The smallest absolute Gasteiger partial charge is 0.353 e. The van der Waals surface area contributed by atoms with Gasteiger partial charge in [0.1, 0.15) is 0 Å². The summed E-state index contributed by atoms with van der Waals surface area (Å²) in [6.07, 6.45) is 1.68. The van der Waals surface area contributed by atoms with Crippen LogP contribution in [-0.2, 0) is 8.98 Å². The van der Waals surface area contributed by atoms with Gasteiger partial charge in [-0.2, -0.15) is 0 Å². The van der Waals surface area contributed by atoms with Crippen LogP contribution in [0, 0.1) is 0 Å². The molecule has 1 atom stereocenters. The maximum absolute atomic E-state index is 11.7. The summed E-state index contributed by atoms with van der Waals surface area (Å²) < 4.78 is 4.87. The molecule has 1 unspecified atom stereocenters. The summed E-state index contributed by atoms with van der Waals surface area (Å²) in [4.78, 5) is 16.1. The minimum absolute atomic E-state index is 0.477. The van der Waals surface area contributed by atoms with Crippen molar-refractivity contribution in [2.45, 2.75) is 5.37 Å². The maximum atomic E-state index is 11.7. The second-order valence-electron chi connectivity index (χ2n) is 4.15. The molecule has 5 heteroatoms. The van der Waals surface area contributed by atoms with Gasteiger partial charge in [0.25, 0.3) is 0 Å². The van der Waals surface area contributed by atoms with E-state index in [1.165, 1.54) is 0 Å². The molecule has 2 aromatic rings. The molecule has 2 aromatic carbocycles. The fourth-order valence-electron chi connectivity index (χ4n) is 1.81. The first-order valence-corrected chi connectivity index (χ1v) is 8.00. The van der Waals surface area contributed by atoms with E-state index in [9.17, 15) is 4.79 Å². The van der Waals surface area contributed by atoms with Crippen LogP contribution in [-0.4, -0.2) is 23.3 Å². The number of hydrogen-bond donors (Lipinski definition) is 1. The summed E-state index contributed by atoms with van der Waals surface area (Å²) in [6.45, 7) is 0. The Hall–Kier alpha value is -1.72. The number of hydrogen-bond acceptors (Lipinski definition) is 5. The SMILES string of the molecule is CSOC(=O)C(S)N=C(c1ccccc1)c1ccccc1. The molecule has 21 heavy (non-hydrogen) atoms. The fourth-order valence-corrected chi connectivity index (χ4v) is 2.30. The molecule has 0 aliphatic heterocycles. The fraction of sp³-hybridized carbons (Fsp3) is 0.125. The molecule has 0 aliphatic rings. The molecule has 108 valence electrons. The first kappa shape index (κ1) is 15.7. The normalized spacial score (nSPS) is 11.5. The molecule has 0 fully saturated rings.